The molecule has 0 amide bonds. The molecule has 9 heteroatoms. The Bertz CT molecular complexity index is 1050. The van der Waals surface area contributed by atoms with Gasteiger partial charge in [0.1, 0.15) is 6.54 Å². The van der Waals surface area contributed by atoms with Gasteiger partial charge in [0.2, 0.25) is 5.69 Å². The third-order valence-corrected chi connectivity index (χ3v) is 7.45. The highest BCUT2D eigenvalue weighted by Crippen LogP contribution is 2.44. The molecule has 2 aromatic carbocycles. The van der Waals surface area contributed by atoms with Gasteiger partial charge in [-0.1, -0.05) is 11.1 Å². The van der Waals surface area contributed by atoms with Gasteiger partial charge in [-0.25, -0.2) is 5.26 Å². The third-order valence-electron chi connectivity index (χ3n) is 5.62. The second kappa shape index (κ2) is 7.74. The quantitative estimate of drug-likeness (QED) is 0.224. The number of fused-ring (bicyclic) bond motifs is 3. The van der Waals surface area contributed by atoms with Gasteiger partial charge in [-0.2, -0.15) is 13.0 Å². The lowest BCUT2D eigenvalue weighted by atomic mass is 9.80. The van der Waals surface area contributed by atoms with Crippen LogP contribution in [0.1, 0.15) is 39.7 Å². The minimum atomic E-state index is -4.04. The molecular weight excluding hydrogens is 402 g/mol. The molecule has 28 heavy (non-hydrogen) atoms. The van der Waals surface area contributed by atoms with E-state index in [1.807, 2.05) is 30.3 Å². The maximum Gasteiger partial charge on any atom is 0.267 e. The highest BCUT2D eigenvalue weighted by Gasteiger charge is 2.44. The second-order valence-corrected chi connectivity index (χ2v) is 10.2. The summed E-state index contributed by atoms with van der Waals surface area (Å²) in [5.41, 5.74) is 3.13. The molecule has 0 aromatic heterocycles. The summed E-state index contributed by atoms with van der Waals surface area (Å²) in [4.78, 5) is 0.789. The molecule has 1 atom stereocenters. The molecule has 1 heterocycles. The molecule has 0 spiro atoms. The fraction of sp³-hybridized carbons (Fsp3) is 0.421. The largest absolute Gasteiger partial charge is 0.285 e. The van der Waals surface area contributed by atoms with Crippen LogP contribution in [0.15, 0.2) is 35.2 Å². The van der Waals surface area contributed by atoms with E-state index in [-0.39, 0.29) is 5.41 Å². The molecule has 1 aliphatic rings. The highest BCUT2D eigenvalue weighted by molar-refractivity contribution is 7.94. The fourth-order valence-corrected chi connectivity index (χ4v) is 4.54. The van der Waals surface area contributed by atoms with Crippen LogP contribution < -0.4 is 0 Å². The Morgan fingerprint density at radius 1 is 1.25 bits per heavy atom. The van der Waals surface area contributed by atoms with Crippen LogP contribution in [0.2, 0.25) is 0 Å². The Kier molecular flexibility index (Phi) is 5.86. The Balaban J connectivity index is 2.01. The molecule has 2 N–H and O–H groups in total. The summed E-state index contributed by atoms with van der Waals surface area (Å²) in [5.74, 6) is 0. The van der Waals surface area contributed by atoms with E-state index < -0.39 is 15.4 Å². The zero-order valence-electron chi connectivity index (χ0n) is 16.2. The summed E-state index contributed by atoms with van der Waals surface area (Å²) in [6.45, 7) is 8.38. The van der Waals surface area contributed by atoms with Crippen molar-refractivity contribution in [1.82, 2.24) is 0 Å². The predicted octanol–water partition coefficient (Wildman–Crippen LogP) is 4.33. The standard InChI is InChI=1S/C19H23NO6S2/c1-12(28(22,23)24)9-10-20-13(2)19(3,4)18-16-7-6-15(27-26-25-21)11-14(16)5-8-17(18)20/h5-8,11-12H,9-10H2,1-4H3,(H-,21,22,23,24)/p+1. The number of benzene rings is 2. The molecule has 0 saturated carbocycles. The first kappa shape index (κ1) is 21.2. The van der Waals surface area contributed by atoms with E-state index in [1.165, 1.54) is 12.5 Å². The monoisotopic (exact) mass is 426 g/mol. The molecule has 0 radical (unpaired) electrons. The van der Waals surface area contributed by atoms with Crippen molar-refractivity contribution in [1.29, 1.82) is 0 Å². The van der Waals surface area contributed by atoms with Crippen LogP contribution >= 0.6 is 12.0 Å². The molecule has 0 bridgehead atoms. The van der Waals surface area contributed by atoms with Crippen molar-refractivity contribution < 1.29 is 32.2 Å². The van der Waals surface area contributed by atoms with Crippen molar-refractivity contribution in [2.24, 2.45) is 0 Å². The van der Waals surface area contributed by atoms with E-state index in [1.54, 1.807) is 0 Å². The smallest absolute Gasteiger partial charge is 0.267 e. The van der Waals surface area contributed by atoms with Crippen LogP contribution in [0.5, 0.6) is 0 Å². The number of nitrogens with zero attached hydrogens (tertiary/aromatic N) is 1. The fourth-order valence-electron chi connectivity index (χ4n) is 3.73. The summed E-state index contributed by atoms with van der Waals surface area (Å²) in [6.07, 6.45) is 0.331. The van der Waals surface area contributed by atoms with E-state index in [0.717, 1.165) is 39.1 Å². The van der Waals surface area contributed by atoms with Gasteiger partial charge in [0.15, 0.2) is 5.71 Å². The maximum atomic E-state index is 11.4. The number of rotatable bonds is 7. The molecule has 0 aliphatic carbocycles. The minimum absolute atomic E-state index is 0.227. The van der Waals surface area contributed by atoms with Crippen LogP contribution in [0, 0.1) is 0 Å². The molecule has 7 nitrogen and oxygen atoms in total. The van der Waals surface area contributed by atoms with Crippen molar-refractivity contribution in [2.75, 3.05) is 6.54 Å². The average molecular weight is 427 g/mol. The molecule has 0 saturated heterocycles. The SMILES string of the molecule is CC1=[N+](CCC(C)S(=O)(=O)O)c2ccc3cc(SOOO)ccc3c2C1(C)C. The average Bonchev–Trinajstić information content (AvgIpc) is 2.83. The van der Waals surface area contributed by atoms with Gasteiger partial charge >= 0.3 is 0 Å². The summed E-state index contributed by atoms with van der Waals surface area (Å²) in [5, 5.41) is 13.3. The lowest BCUT2D eigenvalue weighted by molar-refractivity contribution is -0.439. The Morgan fingerprint density at radius 3 is 2.61 bits per heavy atom. The summed E-state index contributed by atoms with van der Waals surface area (Å²) in [6, 6.07) is 9.89. The number of hydrogen-bond donors (Lipinski definition) is 2. The Labute approximate surface area is 168 Å². The molecule has 3 rings (SSSR count). The minimum Gasteiger partial charge on any atom is -0.285 e. The van der Waals surface area contributed by atoms with E-state index >= 15 is 0 Å². The second-order valence-electron chi connectivity index (χ2n) is 7.54. The van der Waals surface area contributed by atoms with Crippen LogP contribution in [0.4, 0.5) is 5.69 Å². The van der Waals surface area contributed by atoms with Crippen LogP contribution in [-0.4, -0.2) is 40.3 Å². The highest BCUT2D eigenvalue weighted by atomic mass is 32.2. The lowest BCUT2D eigenvalue weighted by Crippen LogP contribution is -2.28. The van der Waals surface area contributed by atoms with Gasteiger partial charge in [-0.3, -0.25) is 4.55 Å². The van der Waals surface area contributed by atoms with Gasteiger partial charge in [0, 0.05) is 29.9 Å². The normalized spacial score (nSPS) is 17.2. The first-order valence-electron chi connectivity index (χ1n) is 8.87. The summed E-state index contributed by atoms with van der Waals surface area (Å²) >= 11 is 0.915. The third kappa shape index (κ3) is 3.83. The van der Waals surface area contributed by atoms with E-state index in [2.05, 4.69) is 34.7 Å². The summed E-state index contributed by atoms with van der Waals surface area (Å²) < 4.78 is 38.6. The van der Waals surface area contributed by atoms with E-state index in [0.29, 0.717) is 13.0 Å². The van der Waals surface area contributed by atoms with Crippen LogP contribution in [0.3, 0.4) is 0 Å². The van der Waals surface area contributed by atoms with Gasteiger partial charge in [-0.05, 0) is 49.7 Å². The lowest BCUT2D eigenvalue weighted by Gasteiger charge is -2.17. The number of hydrogen-bond acceptors (Lipinski definition) is 6. The Morgan fingerprint density at radius 2 is 1.96 bits per heavy atom. The Hall–Kier alpha value is -1.49. The van der Waals surface area contributed by atoms with Crippen molar-refractivity contribution >= 4 is 44.3 Å². The first-order chi connectivity index (χ1) is 13.1. The summed E-state index contributed by atoms with van der Waals surface area (Å²) in [7, 11) is -4.04. The van der Waals surface area contributed by atoms with Crippen molar-refractivity contribution in [3.63, 3.8) is 0 Å². The maximum absolute atomic E-state index is 11.4. The van der Waals surface area contributed by atoms with Gasteiger partial charge in [0.05, 0.1) is 22.7 Å². The van der Waals surface area contributed by atoms with Crippen molar-refractivity contribution in [3.8, 4) is 0 Å². The molecular formula is C19H24NO6S2+. The zero-order valence-corrected chi connectivity index (χ0v) is 17.8. The predicted molar refractivity (Wildman–Crippen MR) is 109 cm³/mol. The van der Waals surface area contributed by atoms with Crippen LogP contribution in [0.25, 0.3) is 10.8 Å². The topological polar surface area (TPSA) is 96.1 Å². The van der Waals surface area contributed by atoms with Gasteiger partial charge < -0.3 is 0 Å². The zero-order chi connectivity index (χ0) is 20.7. The van der Waals surface area contributed by atoms with E-state index in [4.69, 9.17) is 5.26 Å². The molecule has 152 valence electrons. The van der Waals surface area contributed by atoms with Crippen LogP contribution in [-0.2, 0) is 24.9 Å². The van der Waals surface area contributed by atoms with Crippen molar-refractivity contribution in [2.45, 2.75) is 49.7 Å². The molecule has 0 fully saturated rings. The van der Waals surface area contributed by atoms with Crippen molar-refractivity contribution in [3.05, 3.63) is 35.9 Å². The van der Waals surface area contributed by atoms with Gasteiger partial charge in [0.25, 0.3) is 10.1 Å². The molecule has 1 aliphatic heterocycles. The first-order valence-corrected chi connectivity index (χ1v) is 11.1. The molecule has 2 aromatic rings. The van der Waals surface area contributed by atoms with Gasteiger partial charge in [-0.15, -0.1) is 4.33 Å². The molecule has 1 unspecified atom stereocenters. The van der Waals surface area contributed by atoms with E-state index in [9.17, 15) is 13.0 Å².